The molecule has 4 N–H and O–H groups in total. The molecule has 15 heavy (non-hydrogen) atoms. The number of aliphatic hydroxyl groups is 1. The summed E-state index contributed by atoms with van der Waals surface area (Å²) in [7, 11) is 0. The second kappa shape index (κ2) is 5.61. The van der Waals surface area contributed by atoms with Gasteiger partial charge in [-0.25, -0.2) is 0 Å². The Labute approximate surface area is 91.3 Å². The van der Waals surface area contributed by atoms with Crippen molar-refractivity contribution in [3.63, 3.8) is 0 Å². The monoisotopic (exact) mass is 208 g/mol. The fourth-order valence-corrected chi connectivity index (χ4v) is 1.41. The Bertz CT molecular complexity index is 312. The van der Waals surface area contributed by atoms with E-state index in [1.807, 2.05) is 32.0 Å². The SMILES string of the molecule is CCC(O)CCNc1cc(N)ccc1C. The lowest BCUT2D eigenvalue weighted by Gasteiger charge is -2.12. The van der Waals surface area contributed by atoms with E-state index in [1.165, 1.54) is 5.56 Å². The van der Waals surface area contributed by atoms with Crippen LogP contribution in [0.1, 0.15) is 25.3 Å². The zero-order valence-corrected chi connectivity index (χ0v) is 9.46. The molecule has 0 aliphatic heterocycles. The molecule has 0 heterocycles. The average Bonchev–Trinajstić information content (AvgIpc) is 2.23. The van der Waals surface area contributed by atoms with Gasteiger partial charge in [0.15, 0.2) is 0 Å². The number of aryl methyl sites for hydroxylation is 1. The minimum atomic E-state index is -0.209. The Kier molecular flexibility index (Phi) is 4.43. The number of nitrogens with two attached hydrogens (primary N) is 1. The maximum absolute atomic E-state index is 9.40. The third-order valence-corrected chi connectivity index (χ3v) is 2.53. The molecule has 0 saturated heterocycles. The molecule has 0 radical (unpaired) electrons. The molecule has 1 aromatic rings. The third-order valence-electron chi connectivity index (χ3n) is 2.53. The standard InChI is InChI=1S/C12H20N2O/c1-3-11(15)6-7-14-12-8-10(13)5-4-9(12)2/h4-5,8,11,14-15H,3,6-7,13H2,1-2H3. The smallest absolute Gasteiger partial charge is 0.0554 e. The molecule has 1 atom stereocenters. The number of rotatable bonds is 5. The lowest BCUT2D eigenvalue weighted by molar-refractivity contribution is 0.164. The Hall–Kier alpha value is -1.22. The predicted octanol–water partition coefficient (Wildman–Crippen LogP) is 2.15. The van der Waals surface area contributed by atoms with Crippen LogP contribution < -0.4 is 11.1 Å². The second-order valence-electron chi connectivity index (χ2n) is 3.85. The molecule has 1 rings (SSSR count). The van der Waals surface area contributed by atoms with Crippen LogP contribution in [0, 0.1) is 6.92 Å². The van der Waals surface area contributed by atoms with Crippen LogP contribution in [0.25, 0.3) is 0 Å². The number of anilines is 2. The first-order valence-electron chi connectivity index (χ1n) is 5.41. The highest BCUT2D eigenvalue weighted by atomic mass is 16.3. The Morgan fingerprint density at radius 2 is 2.20 bits per heavy atom. The highest BCUT2D eigenvalue weighted by Crippen LogP contribution is 2.18. The van der Waals surface area contributed by atoms with Crippen molar-refractivity contribution in [3.05, 3.63) is 23.8 Å². The lowest BCUT2D eigenvalue weighted by Crippen LogP contribution is -2.12. The highest BCUT2D eigenvalue weighted by molar-refractivity contribution is 5.59. The van der Waals surface area contributed by atoms with Crippen molar-refractivity contribution < 1.29 is 5.11 Å². The average molecular weight is 208 g/mol. The van der Waals surface area contributed by atoms with Crippen molar-refractivity contribution >= 4 is 11.4 Å². The maximum atomic E-state index is 9.40. The number of hydrogen-bond acceptors (Lipinski definition) is 3. The summed E-state index contributed by atoms with van der Waals surface area (Å²) in [5.74, 6) is 0. The zero-order chi connectivity index (χ0) is 11.3. The van der Waals surface area contributed by atoms with Gasteiger partial charge in [0.2, 0.25) is 0 Å². The topological polar surface area (TPSA) is 58.3 Å². The van der Waals surface area contributed by atoms with Crippen LogP contribution in [-0.2, 0) is 0 Å². The van der Waals surface area contributed by atoms with Gasteiger partial charge in [0.25, 0.3) is 0 Å². The van der Waals surface area contributed by atoms with E-state index in [-0.39, 0.29) is 6.10 Å². The molecule has 0 aliphatic carbocycles. The summed E-state index contributed by atoms with van der Waals surface area (Å²) in [4.78, 5) is 0. The van der Waals surface area contributed by atoms with Crippen molar-refractivity contribution in [3.8, 4) is 0 Å². The summed E-state index contributed by atoms with van der Waals surface area (Å²) in [6, 6.07) is 5.81. The van der Waals surface area contributed by atoms with Crippen LogP contribution in [-0.4, -0.2) is 17.8 Å². The van der Waals surface area contributed by atoms with Gasteiger partial charge in [0.1, 0.15) is 0 Å². The predicted molar refractivity (Wildman–Crippen MR) is 65.0 cm³/mol. The molecule has 0 aromatic heterocycles. The van der Waals surface area contributed by atoms with Crippen LogP contribution in [0.2, 0.25) is 0 Å². The van der Waals surface area contributed by atoms with Crippen LogP contribution >= 0.6 is 0 Å². The Morgan fingerprint density at radius 3 is 2.87 bits per heavy atom. The van der Waals surface area contributed by atoms with E-state index < -0.39 is 0 Å². The van der Waals surface area contributed by atoms with Crippen LogP contribution in [0.3, 0.4) is 0 Å². The molecule has 0 saturated carbocycles. The van der Waals surface area contributed by atoms with Crippen LogP contribution in [0.4, 0.5) is 11.4 Å². The molecule has 0 bridgehead atoms. The molecule has 3 nitrogen and oxygen atoms in total. The molecule has 0 fully saturated rings. The normalized spacial score (nSPS) is 12.5. The molecule has 3 heteroatoms. The largest absolute Gasteiger partial charge is 0.399 e. The van der Waals surface area contributed by atoms with Crippen molar-refractivity contribution in [1.82, 2.24) is 0 Å². The quantitative estimate of drug-likeness (QED) is 0.650. The van der Waals surface area contributed by atoms with E-state index in [2.05, 4.69) is 5.32 Å². The summed E-state index contributed by atoms with van der Waals surface area (Å²) >= 11 is 0. The van der Waals surface area contributed by atoms with Gasteiger partial charge in [0, 0.05) is 17.9 Å². The Morgan fingerprint density at radius 1 is 1.47 bits per heavy atom. The minimum absolute atomic E-state index is 0.209. The minimum Gasteiger partial charge on any atom is -0.399 e. The van der Waals surface area contributed by atoms with E-state index >= 15 is 0 Å². The number of benzene rings is 1. The molecule has 0 amide bonds. The fourth-order valence-electron chi connectivity index (χ4n) is 1.41. The number of hydrogen-bond donors (Lipinski definition) is 3. The van der Waals surface area contributed by atoms with E-state index in [1.54, 1.807) is 0 Å². The summed E-state index contributed by atoms with van der Waals surface area (Å²) < 4.78 is 0. The zero-order valence-electron chi connectivity index (χ0n) is 9.46. The number of nitrogen functional groups attached to an aromatic ring is 1. The number of aliphatic hydroxyl groups excluding tert-OH is 1. The van der Waals surface area contributed by atoms with Gasteiger partial charge in [-0.3, -0.25) is 0 Å². The van der Waals surface area contributed by atoms with Crippen molar-refractivity contribution in [2.75, 3.05) is 17.6 Å². The molecule has 1 unspecified atom stereocenters. The van der Waals surface area contributed by atoms with E-state index in [4.69, 9.17) is 5.73 Å². The van der Waals surface area contributed by atoms with E-state index in [9.17, 15) is 5.11 Å². The van der Waals surface area contributed by atoms with E-state index in [0.29, 0.717) is 0 Å². The molecule has 0 aliphatic rings. The maximum Gasteiger partial charge on any atom is 0.0554 e. The molecule has 1 aromatic carbocycles. The van der Waals surface area contributed by atoms with Crippen LogP contribution in [0.5, 0.6) is 0 Å². The summed E-state index contributed by atoms with van der Waals surface area (Å²) in [5, 5.41) is 12.7. The fraction of sp³-hybridized carbons (Fsp3) is 0.500. The van der Waals surface area contributed by atoms with Crippen LogP contribution in [0.15, 0.2) is 18.2 Å². The van der Waals surface area contributed by atoms with Gasteiger partial charge in [-0.2, -0.15) is 0 Å². The van der Waals surface area contributed by atoms with Crippen molar-refractivity contribution in [2.45, 2.75) is 32.8 Å². The summed E-state index contributed by atoms with van der Waals surface area (Å²) in [6.07, 6.45) is 1.36. The lowest BCUT2D eigenvalue weighted by atomic mass is 10.1. The van der Waals surface area contributed by atoms with E-state index in [0.717, 1.165) is 30.8 Å². The van der Waals surface area contributed by atoms with Gasteiger partial charge in [0.05, 0.1) is 6.10 Å². The first kappa shape index (κ1) is 11.9. The summed E-state index contributed by atoms with van der Waals surface area (Å²) in [5.41, 5.74) is 8.69. The third kappa shape index (κ3) is 3.80. The van der Waals surface area contributed by atoms with Crippen molar-refractivity contribution in [2.24, 2.45) is 0 Å². The Balaban J connectivity index is 2.46. The van der Waals surface area contributed by atoms with Gasteiger partial charge in [-0.15, -0.1) is 0 Å². The highest BCUT2D eigenvalue weighted by Gasteiger charge is 2.01. The first-order valence-corrected chi connectivity index (χ1v) is 5.41. The molecular weight excluding hydrogens is 188 g/mol. The molecule has 0 spiro atoms. The summed E-state index contributed by atoms with van der Waals surface area (Å²) in [6.45, 7) is 4.80. The molecule has 84 valence electrons. The number of nitrogens with one attached hydrogen (secondary N) is 1. The molecular formula is C12H20N2O. The van der Waals surface area contributed by atoms with Gasteiger partial charge < -0.3 is 16.2 Å². The van der Waals surface area contributed by atoms with Gasteiger partial charge in [-0.05, 0) is 37.5 Å². The second-order valence-corrected chi connectivity index (χ2v) is 3.85. The first-order chi connectivity index (χ1) is 7.13. The van der Waals surface area contributed by atoms with Gasteiger partial charge >= 0.3 is 0 Å². The van der Waals surface area contributed by atoms with Crippen molar-refractivity contribution in [1.29, 1.82) is 0 Å². The van der Waals surface area contributed by atoms with Gasteiger partial charge in [-0.1, -0.05) is 13.0 Å².